The van der Waals surface area contributed by atoms with Crippen molar-refractivity contribution in [1.29, 1.82) is 0 Å². The van der Waals surface area contributed by atoms with Crippen LogP contribution < -0.4 is 14.4 Å². The number of hydrogen-bond acceptors (Lipinski definition) is 4. The largest absolute Gasteiger partial charge is 0.493 e. The van der Waals surface area contributed by atoms with Gasteiger partial charge < -0.3 is 19.3 Å². The summed E-state index contributed by atoms with van der Waals surface area (Å²) in [5.41, 5.74) is 2.83. The highest BCUT2D eigenvalue weighted by Crippen LogP contribution is 2.32. The molecule has 0 spiro atoms. The van der Waals surface area contributed by atoms with E-state index in [1.54, 1.807) is 31.1 Å². The van der Waals surface area contributed by atoms with Gasteiger partial charge in [-0.2, -0.15) is 0 Å². The van der Waals surface area contributed by atoms with Gasteiger partial charge in [-0.3, -0.25) is 9.59 Å². The van der Waals surface area contributed by atoms with Crippen LogP contribution in [0.25, 0.3) is 0 Å². The molecule has 1 fully saturated rings. The summed E-state index contributed by atoms with van der Waals surface area (Å²) < 4.78 is 10.8. The van der Waals surface area contributed by atoms with Gasteiger partial charge in [0.05, 0.1) is 20.1 Å². The van der Waals surface area contributed by atoms with Gasteiger partial charge in [0, 0.05) is 37.8 Å². The molecular weight excluding hydrogens is 356 g/mol. The molecular formula is C22H26N2O4. The number of amides is 2. The Labute approximate surface area is 165 Å². The van der Waals surface area contributed by atoms with Crippen LogP contribution >= 0.6 is 0 Å². The minimum atomic E-state index is -0.351. The van der Waals surface area contributed by atoms with Crippen molar-refractivity contribution in [2.45, 2.75) is 19.9 Å². The minimum Gasteiger partial charge on any atom is -0.493 e. The fraction of sp³-hybridized carbons (Fsp3) is 0.364. The first-order chi connectivity index (χ1) is 13.4. The van der Waals surface area contributed by atoms with Gasteiger partial charge in [0.1, 0.15) is 0 Å². The first-order valence-corrected chi connectivity index (χ1v) is 9.26. The molecule has 28 heavy (non-hydrogen) atoms. The number of carbonyl (C=O) groups is 2. The van der Waals surface area contributed by atoms with Crippen LogP contribution in [0.3, 0.4) is 0 Å². The first kappa shape index (κ1) is 19.7. The van der Waals surface area contributed by atoms with E-state index >= 15 is 0 Å². The molecule has 2 aromatic carbocycles. The van der Waals surface area contributed by atoms with Crippen molar-refractivity contribution >= 4 is 17.5 Å². The third-order valence-electron chi connectivity index (χ3n) is 5.09. The van der Waals surface area contributed by atoms with E-state index in [1.165, 1.54) is 0 Å². The molecule has 6 heteroatoms. The molecule has 148 valence electrons. The number of methoxy groups -OCH3 is 2. The number of ether oxygens (including phenoxy) is 2. The van der Waals surface area contributed by atoms with Crippen LogP contribution in [0.5, 0.6) is 11.5 Å². The van der Waals surface area contributed by atoms with Gasteiger partial charge >= 0.3 is 0 Å². The Hall–Kier alpha value is -3.02. The molecule has 1 aliphatic heterocycles. The molecule has 3 rings (SSSR count). The van der Waals surface area contributed by atoms with E-state index < -0.39 is 0 Å². The van der Waals surface area contributed by atoms with E-state index in [-0.39, 0.29) is 24.2 Å². The van der Waals surface area contributed by atoms with Gasteiger partial charge in [0.2, 0.25) is 11.8 Å². The lowest BCUT2D eigenvalue weighted by molar-refractivity contribution is -0.135. The van der Waals surface area contributed by atoms with Crippen LogP contribution in [0.15, 0.2) is 42.5 Å². The van der Waals surface area contributed by atoms with E-state index in [0.29, 0.717) is 24.6 Å². The number of rotatable bonds is 6. The number of nitrogens with zero attached hydrogens (tertiary/aromatic N) is 2. The van der Waals surface area contributed by atoms with Gasteiger partial charge in [-0.05, 0) is 25.1 Å². The zero-order valence-electron chi connectivity index (χ0n) is 16.8. The maximum absolute atomic E-state index is 13.0. The SMILES string of the molecule is COc1cccc(CN(C)C(=O)[C@@H]2CC(=O)N(c3ccc(C)cc3)C2)c1OC. The van der Waals surface area contributed by atoms with Crippen LogP contribution in [0.2, 0.25) is 0 Å². The predicted molar refractivity (Wildman–Crippen MR) is 108 cm³/mol. The molecule has 0 bridgehead atoms. The van der Waals surface area contributed by atoms with E-state index in [9.17, 15) is 9.59 Å². The number of hydrogen-bond donors (Lipinski definition) is 0. The van der Waals surface area contributed by atoms with E-state index in [1.807, 2.05) is 49.4 Å². The molecule has 1 saturated heterocycles. The maximum atomic E-state index is 13.0. The lowest BCUT2D eigenvalue weighted by Crippen LogP contribution is -2.34. The Kier molecular flexibility index (Phi) is 5.87. The van der Waals surface area contributed by atoms with Gasteiger partial charge in [0.15, 0.2) is 11.5 Å². The highest BCUT2D eigenvalue weighted by molar-refractivity contribution is 6.00. The fourth-order valence-electron chi connectivity index (χ4n) is 3.57. The van der Waals surface area contributed by atoms with E-state index in [4.69, 9.17) is 9.47 Å². The summed E-state index contributed by atoms with van der Waals surface area (Å²) >= 11 is 0. The molecule has 0 radical (unpaired) electrons. The molecule has 1 atom stereocenters. The third-order valence-corrected chi connectivity index (χ3v) is 5.09. The number of para-hydroxylation sites is 1. The number of aryl methyl sites for hydroxylation is 1. The maximum Gasteiger partial charge on any atom is 0.228 e. The lowest BCUT2D eigenvalue weighted by atomic mass is 10.1. The second-order valence-corrected chi connectivity index (χ2v) is 7.09. The summed E-state index contributed by atoms with van der Waals surface area (Å²) in [5.74, 6) is 0.827. The van der Waals surface area contributed by atoms with Crippen molar-refractivity contribution in [1.82, 2.24) is 4.90 Å². The summed E-state index contributed by atoms with van der Waals surface area (Å²) in [6, 6.07) is 13.4. The Bertz CT molecular complexity index is 863. The quantitative estimate of drug-likeness (QED) is 0.771. The van der Waals surface area contributed by atoms with Crippen LogP contribution in [0, 0.1) is 12.8 Å². The fourth-order valence-corrected chi connectivity index (χ4v) is 3.57. The van der Waals surface area contributed by atoms with E-state index in [0.717, 1.165) is 16.8 Å². The van der Waals surface area contributed by atoms with Crippen molar-refractivity contribution < 1.29 is 19.1 Å². The second kappa shape index (κ2) is 8.33. The van der Waals surface area contributed by atoms with Gasteiger partial charge in [-0.1, -0.05) is 29.8 Å². The highest BCUT2D eigenvalue weighted by atomic mass is 16.5. The standard InChI is InChI=1S/C22H26N2O4/c1-15-8-10-18(11-9-15)24-14-17(12-20(24)25)22(26)23(2)13-16-6-5-7-19(27-3)21(16)28-4/h5-11,17H,12-14H2,1-4H3/t17-/m1/s1. The third kappa shape index (κ3) is 3.96. The molecule has 1 aliphatic rings. The summed E-state index contributed by atoms with van der Waals surface area (Å²) in [7, 11) is 4.92. The monoisotopic (exact) mass is 382 g/mol. The van der Waals surface area contributed by atoms with Crippen LogP contribution in [0.1, 0.15) is 17.5 Å². The summed E-state index contributed by atoms with van der Waals surface area (Å²) in [5, 5.41) is 0. The molecule has 2 aromatic rings. The van der Waals surface area contributed by atoms with Gasteiger partial charge in [-0.25, -0.2) is 0 Å². The second-order valence-electron chi connectivity index (χ2n) is 7.09. The predicted octanol–water partition coefficient (Wildman–Crippen LogP) is 3.02. The molecule has 0 aromatic heterocycles. The Morgan fingerprint density at radius 3 is 2.50 bits per heavy atom. The number of anilines is 1. The van der Waals surface area contributed by atoms with Crippen LogP contribution in [-0.4, -0.2) is 44.5 Å². The van der Waals surface area contributed by atoms with Crippen LogP contribution in [-0.2, 0) is 16.1 Å². The Balaban J connectivity index is 1.71. The lowest BCUT2D eigenvalue weighted by Gasteiger charge is -2.23. The van der Waals surface area contributed by atoms with Crippen molar-refractivity contribution in [2.24, 2.45) is 5.92 Å². The normalized spacial score (nSPS) is 16.2. The average molecular weight is 382 g/mol. The van der Waals surface area contributed by atoms with Gasteiger partial charge in [-0.15, -0.1) is 0 Å². The number of carbonyl (C=O) groups excluding carboxylic acids is 2. The van der Waals surface area contributed by atoms with Crippen molar-refractivity contribution in [3.05, 3.63) is 53.6 Å². The van der Waals surface area contributed by atoms with Crippen molar-refractivity contribution in [3.8, 4) is 11.5 Å². The number of benzene rings is 2. The average Bonchev–Trinajstić information content (AvgIpc) is 3.09. The first-order valence-electron chi connectivity index (χ1n) is 9.26. The molecule has 0 N–H and O–H groups in total. The molecule has 0 unspecified atom stereocenters. The Morgan fingerprint density at radius 2 is 1.86 bits per heavy atom. The van der Waals surface area contributed by atoms with Crippen molar-refractivity contribution in [2.75, 3.05) is 32.7 Å². The van der Waals surface area contributed by atoms with Crippen molar-refractivity contribution in [3.63, 3.8) is 0 Å². The molecule has 1 heterocycles. The Morgan fingerprint density at radius 1 is 1.14 bits per heavy atom. The smallest absolute Gasteiger partial charge is 0.228 e. The summed E-state index contributed by atoms with van der Waals surface area (Å²) in [6.45, 7) is 2.79. The zero-order valence-corrected chi connectivity index (χ0v) is 16.8. The topological polar surface area (TPSA) is 59.1 Å². The molecule has 2 amide bonds. The summed E-state index contributed by atoms with van der Waals surface area (Å²) in [6.07, 6.45) is 0.228. The summed E-state index contributed by atoms with van der Waals surface area (Å²) in [4.78, 5) is 28.8. The van der Waals surface area contributed by atoms with Gasteiger partial charge in [0.25, 0.3) is 0 Å². The molecule has 6 nitrogen and oxygen atoms in total. The zero-order chi connectivity index (χ0) is 20.3. The highest BCUT2D eigenvalue weighted by Gasteiger charge is 2.36. The van der Waals surface area contributed by atoms with E-state index in [2.05, 4.69) is 0 Å². The molecule has 0 saturated carbocycles. The molecule has 0 aliphatic carbocycles. The van der Waals surface area contributed by atoms with Crippen LogP contribution in [0.4, 0.5) is 5.69 Å². The minimum absolute atomic E-state index is 0.0189.